The van der Waals surface area contributed by atoms with Gasteiger partial charge in [0.05, 0.1) is 6.54 Å². The number of nitrogens with zero attached hydrogens (tertiary/aromatic N) is 3. The molecule has 0 amide bonds. The minimum Gasteiger partial charge on any atom is -0.207 e. The Balaban J connectivity index is 2.73. The number of hydrogen-bond acceptors (Lipinski definition) is 1. The molecule has 0 aromatic heterocycles. The molecule has 0 N–H and O–H groups in total. The molecular weight excluding hydrogens is 145 g/mol. The molecule has 1 aromatic rings. The van der Waals surface area contributed by atoms with Crippen molar-refractivity contribution in [3.05, 3.63) is 46.1 Å². The predicted octanol–water partition coefficient (Wildman–Crippen LogP) is 2.44. The zero-order chi connectivity index (χ0) is 8.10. The highest BCUT2D eigenvalue weighted by molar-refractivity contribution is 5.14. The molecule has 1 rings (SSSR count). The summed E-state index contributed by atoms with van der Waals surface area (Å²) < 4.78 is 12.3. The van der Waals surface area contributed by atoms with Crippen molar-refractivity contribution in [1.29, 1.82) is 0 Å². The third kappa shape index (κ3) is 2.27. The van der Waals surface area contributed by atoms with Gasteiger partial charge in [0.1, 0.15) is 5.82 Å². The Morgan fingerprint density at radius 2 is 2.45 bits per heavy atom. The lowest BCUT2D eigenvalue weighted by atomic mass is 10.2. The minimum atomic E-state index is -0.338. The first kappa shape index (κ1) is 7.57. The summed E-state index contributed by atoms with van der Waals surface area (Å²) in [7, 11) is 0. The van der Waals surface area contributed by atoms with Crippen molar-refractivity contribution < 1.29 is 4.39 Å². The van der Waals surface area contributed by atoms with E-state index in [0.717, 1.165) is 0 Å². The van der Waals surface area contributed by atoms with Crippen molar-refractivity contribution in [3.63, 3.8) is 0 Å². The fourth-order valence-electron chi connectivity index (χ4n) is 0.644. The van der Waals surface area contributed by atoms with E-state index >= 15 is 0 Å². The van der Waals surface area contributed by atoms with Gasteiger partial charge >= 0.3 is 0 Å². The van der Waals surface area contributed by atoms with E-state index in [9.17, 15) is 4.39 Å². The molecule has 0 saturated heterocycles. The summed E-state index contributed by atoms with van der Waals surface area (Å²) >= 11 is 0. The zero-order valence-corrected chi connectivity index (χ0v) is 5.66. The van der Waals surface area contributed by atoms with Crippen LogP contribution in [0.3, 0.4) is 0 Å². The van der Waals surface area contributed by atoms with Crippen molar-refractivity contribution in [1.82, 2.24) is 0 Å². The molecule has 0 unspecified atom stereocenters. The predicted molar refractivity (Wildman–Crippen MR) is 38.1 cm³/mol. The van der Waals surface area contributed by atoms with Crippen LogP contribution in [0.25, 0.3) is 10.4 Å². The smallest absolute Gasteiger partial charge is 0.123 e. The number of hydrogen-bond donors (Lipinski definition) is 0. The third-order valence-corrected chi connectivity index (χ3v) is 1.14. The number of azide groups is 1. The van der Waals surface area contributed by atoms with Crippen LogP contribution in [0.15, 0.2) is 23.3 Å². The molecule has 0 atom stereocenters. The van der Waals surface area contributed by atoms with Gasteiger partial charge in [0.15, 0.2) is 0 Å². The SMILES string of the molecule is [N-]=[N+]=NCc1[c]cc(F)cc1. The summed E-state index contributed by atoms with van der Waals surface area (Å²) in [5.41, 5.74) is 8.64. The average Bonchev–Trinajstić information content (AvgIpc) is 2.04. The molecule has 11 heavy (non-hydrogen) atoms. The van der Waals surface area contributed by atoms with Gasteiger partial charge in [-0.15, -0.1) is 0 Å². The van der Waals surface area contributed by atoms with Crippen LogP contribution in [0.2, 0.25) is 0 Å². The summed E-state index contributed by atoms with van der Waals surface area (Å²) in [6, 6.07) is 6.68. The van der Waals surface area contributed by atoms with Gasteiger partial charge in [-0.1, -0.05) is 11.2 Å². The Hall–Kier alpha value is -1.54. The first-order chi connectivity index (χ1) is 5.33. The van der Waals surface area contributed by atoms with Crippen LogP contribution in [-0.4, -0.2) is 0 Å². The van der Waals surface area contributed by atoms with E-state index in [2.05, 4.69) is 16.1 Å². The van der Waals surface area contributed by atoms with Crippen molar-refractivity contribution in [2.45, 2.75) is 6.54 Å². The minimum absolute atomic E-state index is 0.219. The van der Waals surface area contributed by atoms with Crippen molar-refractivity contribution in [2.24, 2.45) is 5.11 Å². The van der Waals surface area contributed by atoms with Crippen molar-refractivity contribution in [3.8, 4) is 0 Å². The highest BCUT2D eigenvalue weighted by atomic mass is 19.1. The van der Waals surface area contributed by atoms with Crippen molar-refractivity contribution >= 4 is 0 Å². The van der Waals surface area contributed by atoms with Gasteiger partial charge in [0.2, 0.25) is 0 Å². The molecule has 3 nitrogen and oxygen atoms in total. The number of benzene rings is 1. The van der Waals surface area contributed by atoms with Gasteiger partial charge in [-0.2, -0.15) is 0 Å². The molecule has 1 aromatic carbocycles. The molecule has 4 heteroatoms. The van der Waals surface area contributed by atoms with Gasteiger partial charge < -0.3 is 0 Å². The van der Waals surface area contributed by atoms with E-state index in [0.29, 0.717) is 5.56 Å². The summed E-state index contributed by atoms with van der Waals surface area (Å²) in [4.78, 5) is 2.56. The summed E-state index contributed by atoms with van der Waals surface area (Å²) in [5.74, 6) is -0.338. The molecule has 0 fully saturated rings. The van der Waals surface area contributed by atoms with Gasteiger partial charge in [-0.3, -0.25) is 0 Å². The summed E-state index contributed by atoms with van der Waals surface area (Å²) in [5, 5.41) is 3.30. The second-order valence-electron chi connectivity index (χ2n) is 1.92. The zero-order valence-electron chi connectivity index (χ0n) is 5.66. The van der Waals surface area contributed by atoms with E-state index in [1.54, 1.807) is 0 Å². The molecule has 0 aliphatic heterocycles. The van der Waals surface area contributed by atoms with Gasteiger partial charge in [-0.05, 0) is 29.3 Å². The highest BCUT2D eigenvalue weighted by Gasteiger charge is 1.90. The van der Waals surface area contributed by atoms with Crippen LogP contribution >= 0.6 is 0 Å². The third-order valence-electron chi connectivity index (χ3n) is 1.14. The highest BCUT2D eigenvalue weighted by Crippen LogP contribution is 2.02. The van der Waals surface area contributed by atoms with Crippen molar-refractivity contribution in [2.75, 3.05) is 0 Å². The van der Waals surface area contributed by atoms with Crippen LogP contribution in [0, 0.1) is 11.9 Å². The van der Waals surface area contributed by atoms with E-state index in [1.165, 1.54) is 18.2 Å². The lowest BCUT2D eigenvalue weighted by molar-refractivity contribution is 0.626. The Labute approximate surface area is 63.1 Å². The largest absolute Gasteiger partial charge is 0.207 e. The normalized spacial score (nSPS) is 8.82. The standard InChI is InChI=1S/C7H5FN3/c8-7-3-1-6(2-4-7)5-10-11-9/h1,3-4H,5H2. The lowest BCUT2D eigenvalue weighted by Crippen LogP contribution is -1.80. The monoisotopic (exact) mass is 150 g/mol. The molecule has 55 valence electrons. The first-order valence-electron chi connectivity index (χ1n) is 3.00. The number of rotatable bonds is 2. The Kier molecular flexibility index (Phi) is 2.47. The molecule has 0 bridgehead atoms. The van der Waals surface area contributed by atoms with E-state index < -0.39 is 0 Å². The Bertz CT molecular complexity index is 274. The fourth-order valence-corrected chi connectivity index (χ4v) is 0.644. The topological polar surface area (TPSA) is 48.8 Å². The first-order valence-corrected chi connectivity index (χ1v) is 3.00. The second-order valence-corrected chi connectivity index (χ2v) is 1.92. The van der Waals surface area contributed by atoms with Crippen LogP contribution in [0.5, 0.6) is 0 Å². The van der Waals surface area contributed by atoms with Gasteiger partial charge in [-0.25, -0.2) is 4.39 Å². The van der Waals surface area contributed by atoms with Gasteiger partial charge in [0, 0.05) is 4.91 Å². The summed E-state index contributed by atoms with van der Waals surface area (Å²) in [6.07, 6.45) is 0. The molecular formula is C7H5FN3. The van der Waals surface area contributed by atoms with Crippen LogP contribution in [0.4, 0.5) is 4.39 Å². The van der Waals surface area contributed by atoms with Crippen LogP contribution < -0.4 is 0 Å². The lowest BCUT2D eigenvalue weighted by Gasteiger charge is -1.91. The molecule has 0 aliphatic rings. The fraction of sp³-hybridized carbons (Fsp3) is 0.143. The van der Waals surface area contributed by atoms with Crippen LogP contribution in [0.1, 0.15) is 5.56 Å². The molecule has 1 radical (unpaired) electrons. The maximum atomic E-state index is 12.3. The molecule has 0 heterocycles. The molecule has 0 aliphatic carbocycles. The van der Waals surface area contributed by atoms with E-state index in [-0.39, 0.29) is 12.4 Å². The maximum absolute atomic E-state index is 12.3. The maximum Gasteiger partial charge on any atom is 0.123 e. The second kappa shape index (κ2) is 3.58. The van der Waals surface area contributed by atoms with Gasteiger partial charge in [0.25, 0.3) is 0 Å². The average molecular weight is 150 g/mol. The Morgan fingerprint density at radius 3 is 3.00 bits per heavy atom. The van der Waals surface area contributed by atoms with E-state index in [1.807, 2.05) is 0 Å². The quantitative estimate of drug-likeness (QED) is 0.353. The summed E-state index contributed by atoms with van der Waals surface area (Å²) in [6.45, 7) is 0.219. The molecule has 0 saturated carbocycles. The number of halogens is 1. The van der Waals surface area contributed by atoms with Crippen LogP contribution in [-0.2, 0) is 6.54 Å². The Morgan fingerprint density at radius 1 is 1.64 bits per heavy atom. The van der Waals surface area contributed by atoms with E-state index in [4.69, 9.17) is 5.53 Å². The molecule has 0 spiro atoms.